The van der Waals surface area contributed by atoms with Gasteiger partial charge in [-0.25, -0.2) is 9.97 Å². The Morgan fingerprint density at radius 1 is 1.29 bits per heavy atom. The van der Waals surface area contributed by atoms with Gasteiger partial charge in [-0.2, -0.15) is 0 Å². The van der Waals surface area contributed by atoms with Crippen LogP contribution in [0.15, 0.2) is 18.3 Å². The number of aromatic nitrogens is 3. The lowest BCUT2D eigenvalue weighted by atomic mass is 10.1. The first-order chi connectivity index (χ1) is 10.3. The van der Waals surface area contributed by atoms with E-state index in [4.69, 9.17) is 9.72 Å². The lowest BCUT2D eigenvalue weighted by Gasteiger charge is -2.35. The van der Waals surface area contributed by atoms with Crippen molar-refractivity contribution in [2.24, 2.45) is 0 Å². The molecule has 5 nitrogen and oxygen atoms in total. The maximum absolute atomic E-state index is 5.59. The molecule has 2 aliphatic rings. The molecule has 0 aliphatic carbocycles. The van der Waals surface area contributed by atoms with Crippen molar-refractivity contribution in [3.8, 4) is 0 Å². The monoisotopic (exact) mass is 286 g/mol. The van der Waals surface area contributed by atoms with Gasteiger partial charge in [0.1, 0.15) is 11.3 Å². The summed E-state index contributed by atoms with van der Waals surface area (Å²) >= 11 is 0. The normalized spacial score (nSPS) is 27.5. The molecule has 0 amide bonds. The summed E-state index contributed by atoms with van der Waals surface area (Å²) in [5, 5.41) is 0. The van der Waals surface area contributed by atoms with Crippen LogP contribution in [0, 0.1) is 0 Å². The van der Waals surface area contributed by atoms with Gasteiger partial charge in [-0.05, 0) is 51.4 Å². The highest BCUT2D eigenvalue weighted by atomic mass is 16.5. The molecule has 2 aromatic rings. The summed E-state index contributed by atoms with van der Waals surface area (Å²) in [5.41, 5.74) is 2.04. The van der Waals surface area contributed by atoms with Gasteiger partial charge in [-0.3, -0.25) is 9.47 Å². The fourth-order valence-corrected chi connectivity index (χ4v) is 3.65. The van der Waals surface area contributed by atoms with Gasteiger partial charge >= 0.3 is 0 Å². The molecule has 5 heteroatoms. The van der Waals surface area contributed by atoms with Gasteiger partial charge in [0.15, 0.2) is 5.65 Å². The molecule has 2 atom stereocenters. The van der Waals surface area contributed by atoms with Gasteiger partial charge in [0.25, 0.3) is 0 Å². The van der Waals surface area contributed by atoms with E-state index < -0.39 is 0 Å². The lowest BCUT2D eigenvalue weighted by molar-refractivity contribution is 0.125. The van der Waals surface area contributed by atoms with E-state index in [1.165, 1.54) is 25.1 Å². The fourth-order valence-electron chi connectivity index (χ4n) is 3.65. The summed E-state index contributed by atoms with van der Waals surface area (Å²) in [6, 6.07) is 4.04. The van der Waals surface area contributed by atoms with Gasteiger partial charge in [-0.15, -0.1) is 0 Å². The third-order valence-electron chi connectivity index (χ3n) is 4.80. The van der Waals surface area contributed by atoms with E-state index in [2.05, 4.69) is 27.6 Å². The van der Waals surface area contributed by atoms with Crippen LogP contribution in [0.5, 0.6) is 0 Å². The molecule has 4 rings (SSSR count). The van der Waals surface area contributed by atoms with Crippen LogP contribution in [0.4, 0.5) is 0 Å². The van der Waals surface area contributed by atoms with Crippen molar-refractivity contribution < 1.29 is 4.74 Å². The number of fused-ring (bicyclic) bond motifs is 1. The molecule has 0 bridgehead atoms. The highest BCUT2D eigenvalue weighted by Gasteiger charge is 2.30. The summed E-state index contributed by atoms with van der Waals surface area (Å²) in [4.78, 5) is 12.0. The van der Waals surface area contributed by atoms with Crippen LogP contribution in [-0.2, 0) is 4.74 Å². The van der Waals surface area contributed by atoms with Crippen molar-refractivity contribution in [3.63, 3.8) is 0 Å². The zero-order valence-corrected chi connectivity index (χ0v) is 12.5. The predicted octanol–water partition coefficient (Wildman–Crippen LogP) is 2.55. The summed E-state index contributed by atoms with van der Waals surface area (Å²) in [5.74, 6) is 1.58. The van der Waals surface area contributed by atoms with E-state index in [0.717, 1.165) is 37.3 Å². The summed E-state index contributed by atoms with van der Waals surface area (Å²) in [6.45, 7) is 2.79. The van der Waals surface area contributed by atoms with Crippen LogP contribution < -0.4 is 0 Å². The van der Waals surface area contributed by atoms with Crippen molar-refractivity contribution in [1.82, 2.24) is 19.4 Å². The molecule has 2 unspecified atom stereocenters. The average molecular weight is 286 g/mol. The van der Waals surface area contributed by atoms with E-state index >= 15 is 0 Å². The van der Waals surface area contributed by atoms with E-state index in [-0.39, 0.29) is 0 Å². The molecule has 0 aromatic carbocycles. The predicted molar refractivity (Wildman–Crippen MR) is 81.2 cm³/mol. The molecule has 2 aromatic heterocycles. The molecular formula is C16H22N4O. The minimum absolute atomic E-state index is 0.384. The third-order valence-corrected chi connectivity index (χ3v) is 4.80. The van der Waals surface area contributed by atoms with E-state index in [9.17, 15) is 0 Å². The van der Waals surface area contributed by atoms with Gasteiger partial charge in [0, 0.05) is 18.7 Å². The zero-order chi connectivity index (χ0) is 14.2. The molecule has 4 heterocycles. The number of piperidine rings is 1. The van der Waals surface area contributed by atoms with Gasteiger partial charge in [-0.1, -0.05) is 0 Å². The number of hydrogen-bond donors (Lipinski definition) is 0. The van der Waals surface area contributed by atoms with Crippen LogP contribution >= 0.6 is 0 Å². The average Bonchev–Trinajstić information content (AvgIpc) is 3.15. The fraction of sp³-hybridized carbons (Fsp3) is 0.625. The highest BCUT2D eigenvalue weighted by Crippen LogP contribution is 2.34. The van der Waals surface area contributed by atoms with E-state index in [1.807, 2.05) is 12.3 Å². The molecule has 2 aliphatic heterocycles. The van der Waals surface area contributed by atoms with Crippen LogP contribution in [0.25, 0.3) is 11.2 Å². The van der Waals surface area contributed by atoms with Crippen molar-refractivity contribution >= 4 is 11.2 Å². The summed E-state index contributed by atoms with van der Waals surface area (Å²) < 4.78 is 7.97. The Morgan fingerprint density at radius 3 is 3.05 bits per heavy atom. The molecule has 0 radical (unpaired) electrons. The van der Waals surface area contributed by atoms with Gasteiger partial charge < -0.3 is 4.74 Å². The molecule has 112 valence electrons. The number of nitrogens with zero attached hydrogens (tertiary/aromatic N) is 4. The van der Waals surface area contributed by atoms with Crippen LogP contribution in [-0.4, -0.2) is 46.2 Å². The number of likely N-dealkylation sites (tertiary alicyclic amines) is 1. The summed E-state index contributed by atoms with van der Waals surface area (Å²) in [6.07, 6.45) is 7.07. The lowest BCUT2D eigenvalue weighted by Crippen LogP contribution is -2.35. The maximum atomic E-state index is 5.59. The third kappa shape index (κ3) is 2.24. The van der Waals surface area contributed by atoms with Crippen molar-refractivity contribution in [1.29, 1.82) is 0 Å². The molecule has 0 spiro atoms. The van der Waals surface area contributed by atoms with E-state index in [1.54, 1.807) is 0 Å². The first-order valence-electron chi connectivity index (χ1n) is 7.95. The number of imidazole rings is 1. The van der Waals surface area contributed by atoms with Crippen molar-refractivity contribution in [2.45, 2.75) is 37.8 Å². The zero-order valence-electron chi connectivity index (χ0n) is 12.5. The first-order valence-corrected chi connectivity index (χ1v) is 7.95. The van der Waals surface area contributed by atoms with E-state index in [0.29, 0.717) is 12.1 Å². The number of hydrogen-bond acceptors (Lipinski definition) is 4. The summed E-state index contributed by atoms with van der Waals surface area (Å²) in [7, 11) is 2.22. The molecule has 2 fully saturated rings. The van der Waals surface area contributed by atoms with Crippen molar-refractivity contribution in [3.05, 3.63) is 24.2 Å². The molecular weight excluding hydrogens is 264 g/mol. The first kappa shape index (κ1) is 13.2. The Kier molecular flexibility index (Phi) is 3.39. The maximum Gasteiger partial charge on any atom is 0.161 e. The second-order valence-electron chi connectivity index (χ2n) is 6.20. The van der Waals surface area contributed by atoms with Crippen LogP contribution in [0.3, 0.4) is 0 Å². The van der Waals surface area contributed by atoms with Gasteiger partial charge in [0.2, 0.25) is 0 Å². The second kappa shape index (κ2) is 5.39. The largest absolute Gasteiger partial charge is 0.381 e. The Hall–Kier alpha value is -1.46. The molecule has 0 N–H and O–H groups in total. The van der Waals surface area contributed by atoms with Crippen LogP contribution in [0.1, 0.15) is 43.6 Å². The second-order valence-corrected chi connectivity index (χ2v) is 6.20. The standard InChI is InChI=1S/C16H22N4O/c1-19-9-3-2-6-14(19)20-15(12-7-10-21-11-12)18-13-5-4-8-17-16(13)20/h4-5,8,12,14H,2-3,6-7,9-11H2,1H3. The minimum Gasteiger partial charge on any atom is -0.381 e. The molecule has 21 heavy (non-hydrogen) atoms. The van der Waals surface area contributed by atoms with Gasteiger partial charge in [0.05, 0.1) is 12.8 Å². The van der Waals surface area contributed by atoms with Crippen molar-refractivity contribution in [2.75, 3.05) is 26.8 Å². The smallest absolute Gasteiger partial charge is 0.161 e. The Bertz CT molecular complexity index is 632. The molecule has 0 saturated carbocycles. The Labute approximate surface area is 124 Å². The number of ether oxygens (including phenoxy) is 1. The molecule has 2 saturated heterocycles. The van der Waals surface area contributed by atoms with Crippen LogP contribution in [0.2, 0.25) is 0 Å². The Balaban J connectivity index is 1.85. The number of rotatable bonds is 2. The quantitative estimate of drug-likeness (QED) is 0.851. The SMILES string of the molecule is CN1CCCCC1n1c(C2CCOC2)nc2cccnc21. The highest BCUT2D eigenvalue weighted by molar-refractivity contribution is 5.71. The Morgan fingerprint density at radius 2 is 2.24 bits per heavy atom. The number of pyridine rings is 1. The topological polar surface area (TPSA) is 43.2 Å². The minimum atomic E-state index is 0.384.